The van der Waals surface area contributed by atoms with Crippen molar-refractivity contribution in [2.75, 3.05) is 5.73 Å². The van der Waals surface area contributed by atoms with Crippen molar-refractivity contribution in [1.29, 1.82) is 0 Å². The summed E-state index contributed by atoms with van der Waals surface area (Å²) in [6.45, 7) is 1.93. The summed E-state index contributed by atoms with van der Waals surface area (Å²) in [6, 6.07) is 0. The first kappa shape index (κ1) is 7.23. The Bertz CT molecular complexity index is 352. The monoisotopic (exact) mass is 181 g/mol. The maximum absolute atomic E-state index is 5.36. The summed E-state index contributed by atoms with van der Waals surface area (Å²) in [7, 11) is 0. The Balaban J connectivity index is 2.43. The second-order valence-electron chi connectivity index (χ2n) is 2.32. The van der Waals surface area contributed by atoms with Crippen LogP contribution < -0.4 is 5.73 Å². The van der Waals surface area contributed by atoms with E-state index in [2.05, 4.69) is 15.1 Å². The van der Waals surface area contributed by atoms with E-state index in [-0.39, 0.29) is 5.95 Å². The summed E-state index contributed by atoms with van der Waals surface area (Å²) < 4.78 is 1.56. The topological polar surface area (TPSA) is 69.6 Å². The predicted molar refractivity (Wildman–Crippen MR) is 46.2 cm³/mol. The van der Waals surface area contributed by atoms with Crippen LogP contribution >= 0.6 is 11.3 Å². The van der Waals surface area contributed by atoms with E-state index < -0.39 is 0 Å². The van der Waals surface area contributed by atoms with Crippen molar-refractivity contribution < 1.29 is 0 Å². The third kappa shape index (κ3) is 1.16. The molecule has 2 rings (SSSR count). The number of aromatic nitrogens is 4. The molecule has 2 aromatic heterocycles. The molecule has 0 aliphatic carbocycles. The summed E-state index contributed by atoms with van der Waals surface area (Å²) in [5.41, 5.74) is 6.33. The van der Waals surface area contributed by atoms with Crippen LogP contribution in [0.1, 0.15) is 5.69 Å². The molecule has 0 spiro atoms. The summed E-state index contributed by atoms with van der Waals surface area (Å²) in [6.07, 6.45) is 1.55. The standard InChI is InChI=1S/C6H7N5S/c1-4-2-12-6(9-4)11-3-8-5(7)10-11/h2-3H,1H3,(H2,7,10). The molecule has 0 aliphatic heterocycles. The van der Waals surface area contributed by atoms with Crippen LogP contribution in [0.25, 0.3) is 5.13 Å². The van der Waals surface area contributed by atoms with E-state index in [1.54, 1.807) is 11.0 Å². The van der Waals surface area contributed by atoms with Gasteiger partial charge in [-0.25, -0.2) is 9.97 Å². The number of nitrogen functional groups attached to an aromatic ring is 1. The highest BCUT2D eigenvalue weighted by Crippen LogP contribution is 2.12. The van der Waals surface area contributed by atoms with Crippen molar-refractivity contribution in [2.24, 2.45) is 0 Å². The minimum absolute atomic E-state index is 0.267. The van der Waals surface area contributed by atoms with Crippen molar-refractivity contribution >= 4 is 17.3 Å². The van der Waals surface area contributed by atoms with Gasteiger partial charge < -0.3 is 5.73 Å². The van der Waals surface area contributed by atoms with Gasteiger partial charge in [0.15, 0.2) is 0 Å². The molecule has 2 heterocycles. The van der Waals surface area contributed by atoms with Crippen molar-refractivity contribution in [2.45, 2.75) is 6.92 Å². The van der Waals surface area contributed by atoms with Crippen LogP contribution in [0.5, 0.6) is 0 Å². The van der Waals surface area contributed by atoms with Gasteiger partial charge in [0.1, 0.15) is 6.33 Å². The van der Waals surface area contributed by atoms with Gasteiger partial charge in [0.2, 0.25) is 11.1 Å². The first-order valence-corrected chi connectivity index (χ1v) is 4.23. The average molecular weight is 181 g/mol. The molecule has 0 atom stereocenters. The molecule has 0 radical (unpaired) electrons. The van der Waals surface area contributed by atoms with Crippen molar-refractivity contribution in [3.8, 4) is 5.13 Å². The molecule has 62 valence electrons. The Morgan fingerprint density at radius 3 is 2.92 bits per heavy atom. The lowest BCUT2D eigenvalue weighted by Gasteiger charge is -1.89. The van der Waals surface area contributed by atoms with Gasteiger partial charge in [-0.1, -0.05) is 0 Å². The van der Waals surface area contributed by atoms with E-state index in [9.17, 15) is 0 Å². The highest BCUT2D eigenvalue weighted by molar-refractivity contribution is 7.12. The molecule has 0 saturated carbocycles. The smallest absolute Gasteiger partial charge is 0.239 e. The number of nitrogens with zero attached hydrogens (tertiary/aromatic N) is 4. The van der Waals surface area contributed by atoms with Gasteiger partial charge in [-0.2, -0.15) is 4.68 Å². The minimum Gasteiger partial charge on any atom is -0.366 e. The minimum atomic E-state index is 0.267. The van der Waals surface area contributed by atoms with Gasteiger partial charge in [-0.05, 0) is 6.92 Å². The summed E-state index contributed by atoms with van der Waals surface area (Å²) in [5.74, 6) is 0.267. The molecule has 0 unspecified atom stereocenters. The van der Waals surface area contributed by atoms with Gasteiger partial charge in [-0.3, -0.25) is 0 Å². The molecule has 2 N–H and O–H groups in total. The van der Waals surface area contributed by atoms with E-state index >= 15 is 0 Å². The first-order valence-electron chi connectivity index (χ1n) is 3.35. The van der Waals surface area contributed by atoms with E-state index in [1.807, 2.05) is 12.3 Å². The van der Waals surface area contributed by atoms with Crippen LogP contribution in [0.2, 0.25) is 0 Å². The molecule has 2 aromatic rings. The Labute approximate surface area is 72.9 Å². The SMILES string of the molecule is Cc1csc(-n2cnc(N)n2)n1. The fourth-order valence-corrected chi connectivity index (χ4v) is 1.54. The third-order valence-corrected chi connectivity index (χ3v) is 2.26. The third-order valence-electron chi connectivity index (χ3n) is 1.31. The molecule has 0 saturated heterocycles. The summed E-state index contributed by atoms with van der Waals surface area (Å²) >= 11 is 1.51. The number of nitrogens with two attached hydrogens (primary N) is 1. The van der Waals surface area contributed by atoms with Crippen molar-refractivity contribution in [3.05, 3.63) is 17.4 Å². The van der Waals surface area contributed by atoms with Gasteiger partial charge in [0.25, 0.3) is 0 Å². The lowest BCUT2D eigenvalue weighted by atomic mass is 10.6. The summed E-state index contributed by atoms with van der Waals surface area (Å²) in [5, 5.41) is 6.67. The van der Waals surface area contributed by atoms with E-state index in [1.165, 1.54) is 11.3 Å². The van der Waals surface area contributed by atoms with Gasteiger partial charge >= 0.3 is 0 Å². The van der Waals surface area contributed by atoms with Crippen LogP contribution in [-0.4, -0.2) is 19.7 Å². The molecule has 0 amide bonds. The molecular weight excluding hydrogens is 174 g/mol. The molecule has 0 bridgehead atoms. The Kier molecular flexibility index (Phi) is 1.54. The van der Waals surface area contributed by atoms with E-state index in [0.717, 1.165) is 10.8 Å². The second-order valence-corrected chi connectivity index (χ2v) is 3.16. The molecule has 6 heteroatoms. The maximum Gasteiger partial charge on any atom is 0.239 e. The zero-order chi connectivity index (χ0) is 8.55. The lowest BCUT2D eigenvalue weighted by Crippen LogP contribution is -1.95. The number of aryl methyl sites for hydroxylation is 1. The van der Waals surface area contributed by atoms with Crippen molar-refractivity contribution in [1.82, 2.24) is 19.7 Å². The number of thiazole rings is 1. The van der Waals surface area contributed by atoms with Crippen molar-refractivity contribution in [3.63, 3.8) is 0 Å². The number of hydrogen-bond donors (Lipinski definition) is 1. The molecular formula is C6H7N5S. The number of rotatable bonds is 1. The highest BCUT2D eigenvalue weighted by Gasteiger charge is 2.02. The Morgan fingerprint density at radius 2 is 2.42 bits per heavy atom. The molecule has 0 aliphatic rings. The number of anilines is 1. The van der Waals surface area contributed by atoms with Gasteiger partial charge in [0, 0.05) is 5.38 Å². The van der Waals surface area contributed by atoms with Gasteiger partial charge in [0.05, 0.1) is 5.69 Å². The number of hydrogen-bond acceptors (Lipinski definition) is 5. The molecule has 0 aromatic carbocycles. The van der Waals surface area contributed by atoms with Crippen LogP contribution in [-0.2, 0) is 0 Å². The largest absolute Gasteiger partial charge is 0.366 e. The Hall–Kier alpha value is -1.43. The fraction of sp³-hybridized carbons (Fsp3) is 0.167. The van der Waals surface area contributed by atoms with Gasteiger partial charge in [-0.15, -0.1) is 16.4 Å². The maximum atomic E-state index is 5.36. The van der Waals surface area contributed by atoms with Crippen LogP contribution in [0.3, 0.4) is 0 Å². The average Bonchev–Trinajstić information content (AvgIpc) is 2.58. The molecule has 0 fully saturated rings. The zero-order valence-electron chi connectivity index (χ0n) is 6.43. The lowest BCUT2D eigenvalue weighted by molar-refractivity contribution is 0.868. The quantitative estimate of drug-likeness (QED) is 0.700. The molecule has 12 heavy (non-hydrogen) atoms. The Morgan fingerprint density at radius 1 is 1.58 bits per heavy atom. The van der Waals surface area contributed by atoms with E-state index in [0.29, 0.717) is 0 Å². The van der Waals surface area contributed by atoms with E-state index in [4.69, 9.17) is 5.73 Å². The van der Waals surface area contributed by atoms with Crippen LogP contribution in [0.15, 0.2) is 11.7 Å². The van der Waals surface area contributed by atoms with Crippen LogP contribution in [0, 0.1) is 6.92 Å². The predicted octanol–water partition coefficient (Wildman–Crippen LogP) is 0.614. The highest BCUT2D eigenvalue weighted by atomic mass is 32.1. The normalized spacial score (nSPS) is 10.4. The second kappa shape index (κ2) is 2.56. The first-order chi connectivity index (χ1) is 5.75. The fourth-order valence-electron chi connectivity index (χ4n) is 0.815. The molecule has 5 nitrogen and oxygen atoms in total. The zero-order valence-corrected chi connectivity index (χ0v) is 7.25. The summed E-state index contributed by atoms with van der Waals surface area (Å²) in [4.78, 5) is 8.02. The van der Waals surface area contributed by atoms with Crippen LogP contribution in [0.4, 0.5) is 5.95 Å².